The fraction of sp³-hybridized carbons (Fsp3) is 0.938. The SMILES string of the molecule is CC(C)(C)CCCCOC(C)(C)C(=O)C(C)(C)C. The van der Waals surface area contributed by atoms with Gasteiger partial charge in [0.25, 0.3) is 0 Å². The van der Waals surface area contributed by atoms with E-state index in [2.05, 4.69) is 20.8 Å². The summed E-state index contributed by atoms with van der Waals surface area (Å²) in [6.45, 7) is 17.0. The van der Waals surface area contributed by atoms with Crippen LogP contribution in [0, 0.1) is 10.8 Å². The molecule has 0 saturated heterocycles. The molecule has 0 aliphatic carbocycles. The maximum atomic E-state index is 12.2. The second-order valence-corrected chi connectivity index (χ2v) is 7.96. The number of ketones is 1. The number of Topliss-reactive ketones (excluding diaryl/α,β-unsaturated/α-hetero) is 1. The van der Waals surface area contributed by atoms with Gasteiger partial charge in [-0.2, -0.15) is 0 Å². The Morgan fingerprint density at radius 3 is 1.78 bits per heavy atom. The number of hydrogen-bond donors (Lipinski definition) is 0. The summed E-state index contributed by atoms with van der Waals surface area (Å²) in [5.74, 6) is 0.172. The minimum Gasteiger partial charge on any atom is -0.368 e. The molecule has 0 N–H and O–H groups in total. The number of carbonyl (C=O) groups excluding carboxylic acids is 1. The van der Waals surface area contributed by atoms with Crippen molar-refractivity contribution in [3.63, 3.8) is 0 Å². The summed E-state index contributed by atoms with van der Waals surface area (Å²) in [6, 6.07) is 0. The van der Waals surface area contributed by atoms with Gasteiger partial charge in [-0.1, -0.05) is 48.0 Å². The molecule has 0 amide bonds. The number of rotatable bonds is 6. The Bertz CT molecular complexity index is 264. The van der Waals surface area contributed by atoms with E-state index in [1.807, 2.05) is 34.6 Å². The van der Waals surface area contributed by atoms with Crippen LogP contribution in [0.4, 0.5) is 0 Å². The highest BCUT2D eigenvalue weighted by atomic mass is 16.5. The minimum absolute atomic E-state index is 0.172. The molecule has 0 heterocycles. The molecule has 0 aliphatic heterocycles. The zero-order valence-corrected chi connectivity index (χ0v) is 13.6. The van der Waals surface area contributed by atoms with Crippen LogP contribution in [0.1, 0.15) is 74.7 Å². The Balaban J connectivity index is 4.03. The van der Waals surface area contributed by atoms with Crippen molar-refractivity contribution in [2.24, 2.45) is 10.8 Å². The molecule has 0 bridgehead atoms. The van der Waals surface area contributed by atoms with Gasteiger partial charge in [-0.25, -0.2) is 0 Å². The minimum atomic E-state index is -0.667. The Hall–Kier alpha value is -0.370. The highest BCUT2D eigenvalue weighted by Gasteiger charge is 2.36. The van der Waals surface area contributed by atoms with E-state index in [1.165, 1.54) is 6.42 Å². The zero-order chi connectivity index (χ0) is 14.6. The quantitative estimate of drug-likeness (QED) is 0.648. The average molecular weight is 256 g/mol. The summed E-state index contributed by atoms with van der Waals surface area (Å²) < 4.78 is 5.78. The molecule has 0 unspecified atom stereocenters. The van der Waals surface area contributed by atoms with Crippen molar-refractivity contribution in [3.05, 3.63) is 0 Å². The summed E-state index contributed by atoms with van der Waals surface area (Å²) in [5, 5.41) is 0. The van der Waals surface area contributed by atoms with Crippen LogP contribution in [0.15, 0.2) is 0 Å². The molecule has 0 saturated carbocycles. The first-order chi connectivity index (χ1) is 7.86. The molecule has 2 nitrogen and oxygen atoms in total. The molecule has 0 aromatic heterocycles. The van der Waals surface area contributed by atoms with Gasteiger partial charge in [0.15, 0.2) is 5.78 Å². The topological polar surface area (TPSA) is 26.3 Å². The van der Waals surface area contributed by atoms with Crippen molar-refractivity contribution >= 4 is 5.78 Å². The lowest BCUT2D eigenvalue weighted by Gasteiger charge is -2.31. The van der Waals surface area contributed by atoms with Gasteiger partial charge in [0.05, 0.1) is 0 Å². The second kappa shape index (κ2) is 6.18. The first kappa shape index (κ1) is 17.6. The molecular formula is C16H32O2. The third kappa shape index (κ3) is 7.15. The smallest absolute Gasteiger partial charge is 0.169 e. The largest absolute Gasteiger partial charge is 0.368 e. The van der Waals surface area contributed by atoms with E-state index in [0.29, 0.717) is 12.0 Å². The summed E-state index contributed by atoms with van der Waals surface area (Å²) in [6.07, 6.45) is 3.38. The highest BCUT2D eigenvalue weighted by Crippen LogP contribution is 2.26. The van der Waals surface area contributed by atoms with Gasteiger partial charge < -0.3 is 4.74 Å². The maximum Gasteiger partial charge on any atom is 0.169 e. The lowest BCUT2D eigenvalue weighted by molar-refractivity contribution is -0.148. The predicted octanol–water partition coefficient (Wildman–Crippen LogP) is 4.61. The summed E-state index contributed by atoms with van der Waals surface area (Å²) in [5.41, 5.74) is -0.619. The van der Waals surface area contributed by atoms with E-state index >= 15 is 0 Å². The van der Waals surface area contributed by atoms with E-state index in [-0.39, 0.29) is 11.2 Å². The summed E-state index contributed by atoms with van der Waals surface area (Å²) >= 11 is 0. The van der Waals surface area contributed by atoms with Gasteiger partial charge in [0, 0.05) is 12.0 Å². The molecule has 0 aromatic carbocycles. The molecule has 108 valence electrons. The number of unbranched alkanes of at least 4 members (excludes halogenated alkanes) is 1. The standard InChI is InChI=1S/C16H32O2/c1-14(2,3)11-9-10-12-18-16(7,8)13(17)15(4,5)6/h9-12H2,1-8H3. The number of carbonyl (C=O) groups is 1. The van der Waals surface area contributed by atoms with Crippen molar-refractivity contribution in [2.75, 3.05) is 6.61 Å². The Morgan fingerprint density at radius 2 is 1.39 bits per heavy atom. The van der Waals surface area contributed by atoms with Crippen LogP contribution in [0.25, 0.3) is 0 Å². The second-order valence-electron chi connectivity index (χ2n) is 7.96. The molecule has 0 atom stereocenters. The van der Waals surface area contributed by atoms with Crippen LogP contribution in [0.3, 0.4) is 0 Å². The van der Waals surface area contributed by atoms with E-state index in [4.69, 9.17) is 4.74 Å². The van der Waals surface area contributed by atoms with Gasteiger partial charge >= 0.3 is 0 Å². The van der Waals surface area contributed by atoms with Crippen molar-refractivity contribution in [1.29, 1.82) is 0 Å². The van der Waals surface area contributed by atoms with E-state index < -0.39 is 5.60 Å². The predicted molar refractivity (Wildman–Crippen MR) is 77.8 cm³/mol. The van der Waals surface area contributed by atoms with Crippen LogP contribution in [-0.2, 0) is 9.53 Å². The van der Waals surface area contributed by atoms with Crippen LogP contribution < -0.4 is 0 Å². The van der Waals surface area contributed by atoms with E-state index in [1.54, 1.807) is 0 Å². The zero-order valence-electron chi connectivity index (χ0n) is 13.6. The summed E-state index contributed by atoms with van der Waals surface area (Å²) in [4.78, 5) is 12.2. The molecule has 0 radical (unpaired) electrons. The Morgan fingerprint density at radius 1 is 0.889 bits per heavy atom. The first-order valence-electron chi connectivity index (χ1n) is 7.05. The van der Waals surface area contributed by atoms with Gasteiger partial charge in [0.1, 0.15) is 5.60 Å². The van der Waals surface area contributed by atoms with Crippen LogP contribution in [0.5, 0.6) is 0 Å². The fourth-order valence-electron chi connectivity index (χ4n) is 2.05. The molecule has 0 rings (SSSR count). The molecule has 2 heteroatoms. The summed E-state index contributed by atoms with van der Waals surface area (Å²) in [7, 11) is 0. The Kier molecular flexibility index (Phi) is 6.06. The van der Waals surface area contributed by atoms with Crippen molar-refractivity contribution in [3.8, 4) is 0 Å². The normalized spacial score (nSPS) is 13.8. The fourth-order valence-corrected chi connectivity index (χ4v) is 2.05. The van der Waals surface area contributed by atoms with Gasteiger partial charge in [-0.05, 0) is 32.1 Å². The van der Waals surface area contributed by atoms with Crippen molar-refractivity contribution in [2.45, 2.75) is 80.3 Å². The highest BCUT2D eigenvalue weighted by molar-refractivity contribution is 5.90. The number of ether oxygens (including phenoxy) is 1. The lowest BCUT2D eigenvalue weighted by atomic mass is 9.82. The molecule has 0 fully saturated rings. The third-order valence-electron chi connectivity index (χ3n) is 3.01. The van der Waals surface area contributed by atoms with Crippen LogP contribution >= 0.6 is 0 Å². The molecular weight excluding hydrogens is 224 g/mol. The third-order valence-corrected chi connectivity index (χ3v) is 3.01. The van der Waals surface area contributed by atoms with Crippen molar-refractivity contribution in [1.82, 2.24) is 0 Å². The first-order valence-corrected chi connectivity index (χ1v) is 7.05. The molecule has 0 aromatic rings. The van der Waals surface area contributed by atoms with Crippen LogP contribution in [-0.4, -0.2) is 18.0 Å². The molecule has 0 aliphatic rings. The maximum absolute atomic E-state index is 12.2. The molecule has 0 spiro atoms. The van der Waals surface area contributed by atoms with Crippen molar-refractivity contribution < 1.29 is 9.53 Å². The molecule has 18 heavy (non-hydrogen) atoms. The van der Waals surface area contributed by atoms with Gasteiger partial charge in [-0.3, -0.25) is 4.79 Å². The van der Waals surface area contributed by atoms with E-state index in [0.717, 1.165) is 12.8 Å². The number of hydrogen-bond acceptors (Lipinski definition) is 2. The lowest BCUT2D eigenvalue weighted by Crippen LogP contribution is -2.42. The Labute approximate surface area is 113 Å². The monoisotopic (exact) mass is 256 g/mol. The van der Waals surface area contributed by atoms with Crippen LogP contribution in [0.2, 0.25) is 0 Å². The van der Waals surface area contributed by atoms with E-state index in [9.17, 15) is 4.79 Å². The van der Waals surface area contributed by atoms with Gasteiger partial charge in [-0.15, -0.1) is 0 Å². The van der Waals surface area contributed by atoms with Gasteiger partial charge in [0.2, 0.25) is 0 Å². The average Bonchev–Trinajstić information content (AvgIpc) is 2.12.